The molecule has 1 heterocycles. The molecule has 4 amide bonds. The second-order valence-corrected chi connectivity index (χ2v) is 6.93. The van der Waals surface area contributed by atoms with Crippen LogP contribution in [0.3, 0.4) is 0 Å². The molecule has 3 aromatic rings. The van der Waals surface area contributed by atoms with Gasteiger partial charge in [-0.2, -0.15) is 0 Å². The minimum Gasteiger partial charge on any atom is -0.495 e. The quantitative estimate of drug-likeness (QED) is 0.384. The van der Waals surface area contributed by atoms with Crippen molar-refractivity contribution in [3.63, 3.8) is 0 Å². The Hall–Kier alpha value is -3.98. The van der Waals surface area contributed by atoms with Crippen LogP contribution in [0.2, 0.25) is 5.02 Å². The second-order valence-electron chi connectivity index (χ2n) is 6.49. The first kappa shape index (κ1) is 22.7. The number of ether oxygens (including phenoxy) is 1. The first-order chi connectivity index (χ1) is 15.5. The van der Waals surface area contributed by atoms with E-state index in [0.717, 1.165) is 0 Å². The van der Waals surface area contributed by atoms with Crippen LogP contribution in [0.1, 0.15) is 20.9 Å². The molecule has 4 N–H and O–H groups in total. The fraction of sp³-hybridized carbons (Fsp3) is 0.136. The summed E-state index contributed by atoms with van der Waals surface area (Å²) >= 11 is 5.96. The number of rotatable bonds is 8. The zero-order valence-corrected chi connectivity index (χ0v) is 17.9. The van der Waals surface area contributed by atoms with E-state index in [1.165, 1.54) is 13.4 Å². The zero-order valence-electron chi connectivity index (χ0n) is 17.1. The maximum Gasteiger partial charge on any atom is 0.323 e. The van der Waals surface area contributed by atoms with Crippen LogP contribution in [-0.4, -0.2) is 38.0 Å². The van der Waals surface area contributed by atoms with E-state index in [2.05, 4.69) is 21.3 Å². The number of carbonyl (C=O) groups excluding carboxylic acids is 3. The predicted octanol–water partition coefficient (Wildman–Crippen LogP) is 3.75. The standard InChI is InChI=1S/C22H21ClN4O5/c1-31-18-9-6-15(23)13-17(18)27-22(30)26-16-7-4-14(5-8-16)20(28)24-10-11-25-21(29)19-3-2-12-32-19/h2-9,12-13H,10-11H2,1H3,(H,24,28)(H,25,29)(H2,26,27,30). The smallest absolute Gasteiger partial charge is 0.323 e. The minimum absolute atomic E-state index is 0.206. The van der Waals surface area contributed by atoms with Crippen molar-refractivity contribution in [3.8, 4) is 5.75 Å². The van der Waals surface area contributed by atoms with Crippen LogP contribution in [0.4, 0.5) is 16.2 Å². The number of benzene rings is 2. The Balaban J connectivity index is 1.46. The Morgan fingerprint density at radius 1 is 0.938 bits per heavy atom. The monoisotopic (exact) mass is 456 g/mol. The lowest BCUT2D eigenvalue weighted by molar-refractivity contribution is 0.0910. The van der Waals surface area contributed by atoms with E-state index in [1.54, 1.807) is 54.6 Å². The van der Waals surface area contributed by atoms with E-state index in [4.69, 9.17) is 20.8 Å². The number of halogens is 1. The maximum absolute atomic E-state index is 12.3. The van der Waals surface area contributed by atoms with Crippen LogP contribution < -0.4 is 26.0 Å². The Kier molecular flexibility index (Phi) is 7.71. The number of hydrogen-bond acceptors (Lipinski definition) is 5. The van der Waals surface area contributed by atoms with Crippen molar-refractivity contribution in [2.24, 2.45) is 0 Å². The molecule has 1 aromatic heterocycles. The third-order valence-corrected chi connectivity index (χ3v) is 4.49. The van der Waals surface area contributed by atoms with Gasteiger partial charge in [-0.15, -0.1) is 0 Å². The second kappa shape index (κ2) is 10.9. The lowest BCUT2D eigenvalue weighted by Gasteiger charge is -2.12. The van der Waals surface area contributed by atoms with E-state index < -0.39 is 6.03 Å². The van der Waals surface area contributed by atoms with Crippen molar-refractivity contribution in [3.05, 3.63) is 77.2 Å². The predicted molar refractivity (Wildman–Crippen MR) is 120 cm³/mol. The summed E-state index contributed by atoms with van der Waals surface area (Å²) in [5, 5.41) is 11.1. The van der Waals surface area contributed by atoms with Crippen LogP contribution in [0.25, 0.3) is 0 Å². The Morgan fingerprint density at radius 2 is 1.66 bits per heavy atom. The lowest BCUT2D eigenvalue weighted by Crippen LogP contribution is -2.34. The first-order valence-electron chi connectivity index (χ1n) is 9.58. The van der Waals surface area contributed by atoms with Gasteiger partial charge in [0, 0.05) is 29.4 Å². The van der Waals surface area contributed by atoms with Gasteiger partial charge in [-0.1, -0.05) is 11.6 Å². The minimum atomic E-state index is -0.491. The number of carbonyl (C=O) groups is 3. The van der Waals surface area contributed by atoms with Gasteiger partial charge in [0.25, 0.3) is 11.8 Å². The molecule has 0 aliphatic rings. The van der Waals surface area contributed by atoms with E-state index in [0.29, 0.717) is 27.7 Å². The van der Waals surface area contributed by atoms with Gasteiger partial charge >= 0.3 is 6.03 Å². The number of hydrogen-bond donors (Lipinski definition) is 4. The van der Waals surface area contributed by atoms with Crippen molar-refractivity contribution >= 4 is 40.8 Å². The zero-order chi connectivity index (χ0) is 22.9. The summed E-state index contributed by atoms with van der Waals surface area (Å²) in [5.41, 5.74) is 1.32. The summed E-state index contributed by atoms with van der Waals surface area (Å²) in [6, 6.07) is 13.9. The molecule has 0 aliphatic heterocycles. The van der Waals surface area contributed by atoms with Gasteiger partial charge in [0.2, 0.25) is 0 Å². The molecule has 0 aliphatic carbocycles. The van der Waals surface area contributed by atoms with Crippen molar-refractivity contribution in [2.75, 3.05) is 30.8 Å². The molecule has 9 nitrogen and oxygen atoms in total. The SMILES string of the molecule is COc1ccc(Cl)cc1NC(=O)Nc1ccc(C(=O)NCCNC(=O)c2ccco2)cc1. The van der Waals surface area contributed by atoms with Gasteiger partial charge in [0.15, 0.2) is 5.76 Å². The molecule has 0 spiro atoms. The normalized spacial score (nSPS) is 10.2. The van der Waals surface area contributed by atoms with Crippen LogP contribution in [0, 0.1) is 0 Å². The number of methoxy groups -OCH3 is 1. The topological polar surface area (TPSA) is 122 Å². The number of amides is 4. The van der Waals surface area contributed by atoms with E-state index in [1.807, 2.05) is 0 Å². The van der Waals surface area contributed by atoms with Crippen molar-refractivity contribution < 1.29 is 23.5 Å². The summed E-state index contributed by atoms with van der Waals surface area (Å²) < 4.78 is 10.2. The fourth-order valence-corrected chi connectivity index (χ4v) is 2.89. The fourth-order valence-electron chi connectivity index (χ4n) is 2.72. The molecule has 0 saturated heterocycles. The molecule has 0 unspecified atom stereocenters. The highest BCUT2D eigenvalue weighted by Crippen LogP contribution is 2.27. The Labute approximate surface area is 189 Å². The third-order valence-electron chi connectivity index (χ3n) is 4.26. The molecular formula is C22H21ClN4O5. The molecular weight excluding hydrogens is 436 g/mol. The van der Waals surface area contributed by atoms with Gasteiger partial charge < -0.3 is 30.4 Å². The average molecular weight is 457 g/mol. The van der Waals surface area contributed by atoms with Gasteiger partial charge in [-0.05, 0) is 54.6 Å². The highest BCUT2D eigenvalue weighted by molar-refractivity contribution is 6.31. The first-order valence-corrected chi connectivity index (χ1v) is 9.95. The molecule has 0 radical (unpaired) electrons. The molecule has 3 rings (SSSR count). The summed E-state index contributed by atoms with van der Waals surface area (Å²) in [7, 11) is 1.49. The number of urea groups is 1. The molecule has 2 aromatic carbocycles. The third kappa shape index (κ3) is 6.26. The molecule has 0 atom stereocenters. The Bertz CT molecular complexity index is 1080. The van der Waals surface area contributed by atoms with Gasteiger partial charge in [0.05, 0.1) is 19.1 Å². The molecule has 32 heavy (non-hydrogen) atoms. The van der Waals surface area contributed by atoms with Crippen molar-refractivity contribution in [1.29, 1.82) is 0 Å². The van der Waals surface area contributed by atoms with Crippen molar-refractivity contribution in [2.45, 2.75) is 0 Å². The highest BCUT2D eigenvalue weighted by atomic mass is 35.5. The number of furan rings is 1. The summed E-state index contributed by atoms with van der Waals surface area (Å²) in [5.74, 6) is 0.0134. The number of nitrogens with one attached hydrogen (secondary N) is 4. The van der Waals surface area contributed by atoms with Crippen molar-refractivity contribution in [1.82, 2.24) is 10.6 Å². The molecule has 0 fully saturated rings. The highest BCUT2D eigenvalue weighted by Gasteiger charge is 2.11. The van der Waals surface area contributed by atoms with Crippen LogP contribution in [-0.2, 0) is 0 Å². The van der Waals surface area contributed by atoms with Gasteiger partial charge in [-0.25, -0.2) is 4.79 Å². The summed E-state index contributed by atoms with van der Waals surface area (Å²) in [6.07, 6.45) is 1.41. The summed E-state index contributed by atoms with van der Waals surface area (Å²) in [4.78, 5) is 36.2. The molecule has 10 heteroatoms. The van der Waals surface area contributed by atoms with E-state index >= 15 is 0 Å². The summed E-state index contributed by atoms with van der Waals surface area (Å²) in [6.45, 7) is 0.493. The van der Waals surface area contributed by atoms with Crippen LogP contribution in [0.15, 0.2) is 65.3 Å². The average Bonchev–Trinajstić information content (AvgIpc) is 3.32. The largest absolute Gasteiger partial charge is 0.495 e. The van der Waals surface area contributed by atoms with Crippen LogP contribution >= 0.6 is 11.6 Å². The molecule has 166 valence electrons. The maximum atomic E-state index is 12.3. The van der Waals surface area contributed by atoms with E-state index in [-0.39, 0.29) is 30.7 Å². The van der Waals surface area contributed by atoms with Gasteiger partial charge in [-0.3, -0.25) is 9.59 Å². The lowest BCUT2D eigenvalue weighted by atomic mass is 10.2. The molecule has 0 saturated carbocycles. The van der Waals surface area contributed by atoms with Crippen LogP contribution in [0.5, 0.6) is 5.75 Å². The molecule has 0 bridgehead atoms. The van der Waals surface area contributed by atoms with Gasteiger partial charge in [0.1, 0.15) is 5.75 Å². The van der Waals surface area contributed by atoms with E-state index in [9.17, 15) is 14.4 Å². The Morgan fingerprint density at radius 3 is 2.31 bits per heavy atom. The number of anilines is 2.